The molecule has 1 aliphatic carbocycles. The van der Waals surface area contributed by atoms with Gasteiger partial charge in [0.25, 0.3) is 0 Å². The van der Waals surface area contributed by atoms with Gasteiger partial charge in [-0.05, 0) is 17.5 Å². The van der Waals surface area contributed by atoms with Crippen LogP contribution in [-0.4, -0.2) is 25.5 Å². The monoisotopic (exact) mass is 216 g/mol. The second kappa shape index (κ2) is 3.91. The fraction of sp³-hybridized carbons (Fsp3) is 0.462. The van der Waals surface area contributed by atoms with Crippen molar-refractivity contribution >= 4 is 5.91 Å². The molecule has 1 unspecified atom stereocenters. The van der Waals surface area contributed by atoms with Gasteiger partial charge in [0.15, 0.2) is 0 Å². The Morgan fingerprint density at radius 1 is 1.38 bits per heavy atom. The van der Waals surface area contributed by atoms with Crippen LogP contribution in [0.4, 0.5) is 0 Å². The molecule has 1 fully saturated rings. The Kier molecular flexibility index (Phi) is 2.40. The Labute approximate surface area is 95.2 Å². The highest BCUT2D eigenvalue weighted by Gasteiger charge is 2.31. The number of nitrogens with one attached hydrogen (secondary N) is 2. The summed E-state index contributed by atoms with van der Waals surface area (Å²) >= 11 is 0. The summed E-state index contributed by atoms with van der Waals surface area (Å²) in [7, 11) is 0. The number of rotatable bonds is 3. The predicted molar refractivity (Wildman–Crippen MR) is 62.3 cm³/mol. The smallest absolute Gasteiger partial charge is 0.227 e. The molecule has 0 bridgehead atoms. The molecule has 1 aromatic rings. The lowest BCUT2D eigenvalue weighted by molar-refractivity contribution is -0.123. The molecule has 16 heavy (non-hydrogen) atoms. The first-order chi connectivity index (χ1) is 7.84. The maximum atomic E-state index is 11.9. The first-order valence-corrected chi connectivity index (χ1v) is 5.91. The number of hydrogen-bond donors (Lipinski definition) is 2. The van der Waals surface area contributed by atoms with Crippen LogP contribution in [0, 0.1) is 5.92 Å². The molecule has 1 amide bonds. The molecule has 0 aromatic heterocycles. The van der Waals surface area contributed by atoms with E-state index >= 15 is 0 Å². The minimum absolute atomic E-state index is 0.101. The molecule has 2 aliphatic rings. The SMILES string of the molecule is O=C(NCC1CNC1)C1Cc2ccccc21. The van der Waals surface area contributed by atoms with E-state index in [2.05, 4.69) is 22.8 Å². The number of carbonyl (C=O) groups excluding carboxylic acids is 1. The molecule has 1 saturated heterocycles. The highest BCUT2D eigenvalue weighted by molar-refractivity contribution is 5.86. The van der Waals surface area contributed by atoms with Crippen LogP contribution >= 0.6 is 0 Å². The first kappa shape index (κ1) is 9.85. The average molecular weight is 216 g/mol. The third-order valence-corrected chi connectivity index (χ3v) is 3.60. The van der Waals surface area contributed by atoms with Crippen LogP contribution in [0.15, 0.2) is 24.3 Å². The van der Waals surface area contributed by atoms with Gasteiger partial charge in [-0.1, -0.05) is 24.3 Å². The van der Waals surface area contributed by atoms with Gasteiger partial charge in [-0.15, -0.1) is 0 Å². The summed E-state index contributed by atoms with van der Waals surface area (Å²) in [4.78, 5) is 11.9. The number of fused-ring (bicyclic) bond motifs is 1. The molecule has 3 rings (SSSR count). The van der Waals surface area contributed by atoms with Crippen LogP contribution in [0.5, 0.6) is 0 Å². The molecule has 84 valence electrons. The molecular formula is C13H16N2O. The average Bonchev–Trinajstić information content (AvgIpc) is 2.17. The normalized spacial score (nSPS) is 22.9. The predicted octanol–water partition coefficient (Wildman–Crippen LogP) is 0.662. The summed E-state index contributed by atoms with van der Waals surface area (Å²) in [5.41, 5.74) is 2.54. The van der Waals surface area contributed by atoms with Gasteiger partial charge in [-0.2, -0.15) is 0 Å². The number of benzene rings is 1. The van der Waals surface area contributed by atoms with E-state index < -0.39 is 0 Å². The van der Waals surface area contributed by atoms with Crippen molar-refractivity contribution in [3.63, 3.8) is 0 Å². The maximum absolute atomic E-state index is 11.9. The van der Waals surface area contributed by atoms with Crippen molar-refractivity contribution in [1.82, 2.24) is 10.6 Å². The van der Waals surface area contributed by atoms with Gasteiger partial charge in [0.2, 0.25) is 5.91 Å². The lowest BCUT2D eigenvalue weighted by Gasteiger charge is -2.31. The third-order valence-electron chi connectivity index (χ3n) is 3.60. The van der Waals surface area contributed by atoms with E-state index in [1.807, 2.05) is 12.1 Å². The van der Waals surface area contributed by atoms with E-state index in [9.17, 15) is 4.79 Å². The molecule has 0 radical (unpaired) electrons. The largest absolute Gasteiger partial charge is 0.355 e. The van der Waals surface area contributed by atoms with Crippen LogP contribution in [-0.2, 0) is 11.2 Å². The molecular weight excluding hydrogens is 200 g/mol. The fourth-order valence-electron chi connectivity index (χ4n) is 2.35. The second-order valence-corrected chi connectivity index (χ2v) is 4.72. The highest BCUT2D eigenvalue weighted by Crippen LogP contribution is 2.34. The Morgan fingerprint density at radius 3 is 2.88 bits per heavy atom. The van der Waals surface area contributed by atoms with Crippen LogP contribution in [0.3, 0.4) is 0 Å². The Bertz CT molecular complexity index is 412. The summed E-state index contributed by atoms with van der Waals surface area (Å²) in [5, 5.41) is 6.25. The molecule has 1 heterocycles. The Hall–Kier alpha value is -1.35. The summed E-state index contributed by atoms with van der Waals surface area (Å²) in [6.45, 7) is 2.91. The molecule has 3 nitrogen and oxygen atoms in total. The van der Waals surface area contributed by atoms with Crippen LogP contribution < -0.4 is 10.6 Å². The van der Waals surface area contributed by atoms with Crippen molar-refractivity contribution < 1.29 is 4.79 Å². The summed E-state index contributed by atoms with van der Waals surface area (Å²) in [5.74, 6) is 0.939. The van der Waals surface area contributed by atoms with E-state index in [1.165, 1.54) is 11.1 Å². The van der Waals surface area contributed by atoms with Gasteiger partial charge in [0, 0.05) is 25.6 Å². The zero-order valence-corrected chi connectivity index (χ0v) is 9.20. The minimum Gasteiger partial charge on any atom is -0.355 e. The standard InChI is InChI=1S/C13H16N2O/c16-13(15-8-9-6-14-7-9)12-5-10-3-1-2-4-11(10)12/h1-4,9,12,14H,5-8H2,(H,15,16). The van der Waals surface area contributed by atoms with E-state index in [0.29, 0.717) is 5.92 Å². The van der Waals surface area contributed by atoms with Crippen molar-refractivity contribution in [1.29, 1.82) is 0 Å². The van der Waals surface area contributed by atoms with E-state index in [4.69, 9.17) is 0 Å². The van der Waals surface area contributed by atoms with Crippen molar-refractivity contribution in [3.05, 3.63) is 35.4 Å². The second-order valence-electron chi connectivity index (χ2n) is 4.72. The van der Waals surface area contributed by atoms with Crippen LogP contribution in [0.2, 0.25) is 0 Å². The molecule has 0 saturated carbocycles. The number of carbonyl (C=O) groups is 1. The zero-order valence-electron chi connectivity index (χ0n) is 9.20. The van der Waals surface area contributed by atoms with Crippen LogP contribution in [0.1, 0.15) is 17.0 Å². The van der Waals surface area contributed by atoms with Gasteiger partial charge in [0.1, 0.15) is 0 Å². The van der Waals surface area contributed by atoms with Gasteiger partial charge < -0.3 is 10.6 Å². The molecule has 1 aromatic carbocycles. The van der Waals surface area contributed by atoms with Crippen molar-refractivity contribution in [2.45, 2.75) is 12.3 Å². The van der Waals surface area contributed by atoms with Crippen molar-refractivity contribution in [2.75, 3.05) is 19.6 Å². The third kappa shape index (κ3) is 1.61. The maximum Gasteiger partial charge on any atom is 0.227 e. The molecule has 3 heteroatoms. The number of amides is 1. The van der Waals surface area contributed by atoms with E-state index in [1.54, 1.807) is 0 Å². The summed E-state index contributed by atoms with van der Waals surface area (Å²) in [6, 6.07) is 8.21. The summed E-state index contributed by atoms with van der Waals surface area (Å²) < 4.78 is 0. The number of hydrogen-bond acceptors (Lipinski definition) is 2. The molecule has 1 aliphatic heterocycles. The molecule has 0 spiro atoms. The highest BCUT2D eigenvalue weighted by atomic mass is 16.1. The topological polar surface area (TPSA) is 41.1 Å². The van der Waals surface area contributed by atoms with Gasteiger partial charge in [0.05, 0.1) is 5.92 Å². The van der Waals surface area contributed by atoms with Crippen molar-refractivity contribution in [3.8, 4) is 0 Å². The van der Waals surface area contributed by atoms with Gasteiger partial charge >= 0.3 is 0 Å². The van der Waals surface area contributed by atoms with E-state index in [-0.39, 0.29) is 11.8 Å². The quantitative estimate of drug-likeness (QED) is 0.779. The molecule has 2 N–H and O–H groups in total. The summed E-state index contributed by atoms with van der Waals surface area (Å²) in [6.07, 6.45) is 0.908. The van der Waals surface area contributed by atoms with Crippen molar-refractivity contribution in [2.24, 2.45) is 5.92 Å². The van der Waals surface area contributed by atoms with Gasteiger partial charge in [-0.3, -0.25) is 4.79 Å². The zero-order chi connectivity index (χ0) is 11.0. The van der Waals surface area contributed by atoms with Crippen LogP contribution in [0.25, 0.3) is 0 Å². The fourth-order valence-corrected chi connectivity index (χ4v) is 2.35. The lowest BCUT2D eigenvalue weighted by Crippen LogP contribution is -2.49. The Balaban J connectivity index is 1.57. The molecule has 1 atom stereocenters. The van der Waals surface area contributed by atoms with E-state index in [0.717, 1.165) is 26.1 Å². The minimum atomic E-state index is 0.101. The van der Waals surface area contributed by atoms with Gasteiger partial charge in [-0.25, -0.2) is 0 Å². The Morgan fingerprint density at radius 2 is 2.19 bits per heavy atom. The lowest BCUT2D eigenvalue weighted by atomic mass is 9.77. The first-order valence-electron chi connectivity index (χ1n) is 5.91.